The Labute approximate surface area is 113 Å². The number of hydrogen-bond donors (Lipinski definition) is 3. The van der Waals surface area contributed by atoms with Crippen molar-refractivity contribution in [3.63, 3.8) is 0 Å². The first kappa shape index (κ1) is 15.5. The van der Waals surface area contributed by atoms with Crippen LogP contribution in [0.25, 0.3) is 0 Å². The molecule has 1 unspecified atom stereocenters. The molecule has 0 fully saturated rings. The molecular weight excluding hydrogens is 244 g/mol. The number of methoxy groups -OCH3 is 1. The zero-order chi connectivity index (χ0) is 14.5. The van der Waals surface area contributed by atoms with Crippen molar-refractivity contribution in [2.24, 2.45) is 5.73 Å². The maximum absolute atomic E-state index is 10.9. The number of hydrogen-bond acceptors (Lipinski definition) is 4. The summed E-state index contributed by atoms with van der Waals surface area (Å²) in [6, 6.07) is 7.22. The molecule has 0 bridgehead atoms. The van der Waals surface area contributed by atoms with Gasteiger partial charge in [-0.25, -0.2) is 0 Å². The molecule has 4 N–H and O–H groups in total. The van der Waals surface area contributed by atoms with Crippen LogP contribution in [-0.4, -0.2) is 30.2 Å². The number of aliphatic hydroxyl groups excluding tert-OH is 1. The van der Waals surface area contributed by atoms with Crippen molar-refractivity contribution in [1.82, 2.24) is 5.32 Å². The summed E-state index contributed by atoms with van der Waals surface area (Å²) in [5, 5.41) is 13.2. The number of ether oxygens (including phenoxy) is 1. The third kappa shape index (κ3) is 5.28. The van der Waals surface area contributed by atoms with Gasteiger partial charge >= 0.3 is 0 Å². The quantitative estimate of drug-likeness (QED) is 0.686. The Hall–Kier alpha value is -1.59. The van der Waals surface area contributed by atoms with Gasteiger partial charge < -0.3 is 20.9 Å². The van der Waals surface area contributed by atoms with Gasteiger partial charge in [0, 0.05) is 18.5 Å². The lowest BCUT2D eigenvalue weighted by molar-refractivity contribution is -0.119. The standard InChI is InChI=1S/C14H22N2O3/c1-14(2,8-13(15)18)16-9-12(17)10-4-6-11(19-3)7-5-10/h4-7,12,16-17H,8-9H2,1-3H3,(H2,15,18). The fourth-order valence-electron chi connectivity index (χ4n) is 1.81. The first-order valence-corrected chi connectivity index (χ1v) is 6.19. The van der Waals surface area contributed by atoms with E-state index in [-0.39, 0.29) is 12.3 Å². The molecule has 0 aromatic heterocycles. The molecule has 0 aliphatic rings. The van der Waals surface area contributed by atoms with Crippen LogP contribution >= 0.6 is 0 Å². The van der Waals surface area contributed by atoms with Crippen molar-refractivity contribution in [2.75, 3.05) is 13.7 Å². The van der Waals surface area contributed by atoms with Crippen LogP contribution in [0, 0.1) is 0 Å². The van der Waals surface area contributed by atoms with Gasteiger partial charge in [-0.15, -0.1) is 0 Å². The zero-order valence-corrected chi connectivity index (χ0v) is 11.6. The second-order valence-corrected chi connectivity index (χ2v) is 5.20. The highest BCUT2D eigenvalue weighted by Crippen LogP contribution is 2.18. The molecule has 0 spiro atoms. The molecule has 5 heteroatoms. The highest BCUT2D eigenvalue weighted by Gasteiger charge is 2.21. The molecule has 1 rings (SSSR count). The van der Waals surface area contributed by atoms with Crippen molar-refractivity contribution < 1.29 is 14.6 Å². The van der Waals surface area contributed by atoms with Gasteiger partial charge in [0.2, 0.25) is 5.91 Å². The Morgan fingerprint density at radius 1 is 1.42 bits per heavy atom. The molecule has 0 saturated carbocycles. The largest absolute Gasteiger partial charge is 0.497 e. The van der Waals surface area contributed by atoms with Crippen molar-refractivity contribution in [2.45, 2.75) is 31.9 Å². The molecule has 0 heterocycles. The maximum Gasteiger partial charge on any atom is 0.219 e. The predicted octanol–water partition coefficient (Wildman–Crippen LogP) is 0.972. The van der Waals surface area contributed by atoms with E-state index in [0.29, 0.717) is 6.54 Å². The summed E-state index contributed by atoms with van der Waals surface area (Å²) in [6.07, 6.45) is -0.416. The zero-order valence-electron chi connectivity index (χ0n) is 11.6. The minimum absolute atomic E-state index is 0.225. The Bertz CT molecular complexity index is 415. The van der Waals surface area contributed by atoms with E-state index in [2.05, 4.69) is 5.32 Å². The summed E-state index contributed by atoms with van der Waals surface area (Å²) in [6.45, 7) is 4.10. The van der Waals surface area contributed by atoms with Crippen LogP contribution in [0.15, 0.2) is 24.3 Å². The fraction of sp³-hybridized carbons (Fsp3) is 0.500. The van der Waals surface area contributed by atoms with Crippen LogP contribution in [0.1, 0.15) is 31.9 Å². The summed E-state index contributed by atoms with van der Waals surface area (Å²) in [7, 11) is 1.60. The van der Waals surface area contributed by atoms with Crippen molar-refractivity contribution in [3.8, 4) is 5.75 Å². The number of benzene rings is 1. The molecule has 19 heavy (non-hydrogen) atoms. The van der Waals surface area contributed by atoms with Gasteiger partial charge in [-0.1, -0.05) is 12.1 Å². The van der Waals surface area contributed by atoms with Crippen molar-refractivity contribution in [1.29, 1.82) is 0 Å². The molecule has 0 radical (unpaired) electrons. The summed E-state index contributed by atoms with van der Waals surface area (Å²) in [5.74, 6) is 0.384. The average Bonchev–Trinajstić information content (AvgIpc) is 2.34. The molecule has 1 atom stereocenters. The Morgan fingerprint density at radius 2 is 2.00 bits per heavy atom. The number of carbonyl (C=O) groups excluding carboxylic acids is 1. The van der Waals surface area contributed by atoms with Gasteiger partial charge in [-0.3, -0.25) is 4.79 Å². The molecule has 106 valence electrons. The second kappa shape index (κ2) is 6.54. The first-order chi connectivity index (χ1) is 8.84. The monoisotopic (exact) mass is 266 g/mol. The predicted molar refractivity (Wildman–Crippen MR) is 73.8 cm³/mol. The minimum atomic E-state index is -0.641. The van der Waals surface area contributed by atoms with Gasteiger partial charge in [0.15, 0.2) is 0 Å². The Kier molecular flexibility index (Phi) is 5.32. The van der Waals surface area contributed by atoms with Gasteiger partial charge in [0.25, 0.3) is 0 Å². The minimum Gasteiger partial charge on any atom is -0.497 e. The van der Waals surface area contributed by atoms with Crippen LogP contribution < -0.4 is 15.8 Å². The highest BCUT2D eigenvalue weighted by atomic mass is 16.5. The van der Waals surface area contributed by atoms with Gasteiger partial charge in [0.1, 0.15) is 5.75 Å². The van der Waals surface area contributed by atoms with E-state index in [4.69, 9.17) is 10.5 Å². The van der Waals surface area contributed by atoms with Crippen LogP contribution in [0.4, 0.5) is 0 Å². The molecule has 0 aliphatic heterocycles. The number of amides is 1. The van der Waals surface area contributed by atoms with Crippen molar-refractivity contribution in [3.05, 3.63) is 29.8 Å². The number of primary amides is 1. The summed E-state index contributed by atoms with van der Waals surface area (Å²) in [5.41, 5.74) is 5.54. The molecule has 1 aromatic rings. The van der Waals surface area contributed by atoms with Crippen molar-refractivity contribution >= 4 is 5.91 Å². The average molecular weight is 266 g/mol. The van der Waals surface area contributed by atoms with E-state index in [9.17, 15) is 9.90 Å². The molecule has 1 aromatic carbocycles. The molecule has 0 aliphatic carbocycles. The number of β-amino-alcohol motifs (C(OH)–C–C–N with tert-alkyl or cyclic N) is 1. The summed E-state index contributed by atoms with van der Waals surface area (Å²) < 4.78 is 5.06. The van der Waals surface area contributed by atoms with E-state index < -0.39 is 11.6 Å². The van der Waals surface area contributed by atoms with E-state index in [1.165, 1.54) is 0 Å². The lowest BCUT2D eigenvalue weighted by Crippen LogP contribution is -2.44. The van der Waals surface area contributed by atoms with Crippen LogP contribution in [0.2, 0.25) is 0 Å². The lowest BCUT2D eigenvalue weighted by atomic mass is 9.99. The summed E-state index contributed by atoms with van der Waals surface area (Å²) >= 11 is 0. The smallest absolute Gasteiger partial charge is 0.219 e. The third-order valence-corrected chi connectivity index (χ3v) is 2.89. The van der Waals surface area contributed by atoms with Crippen LogP contribution in [0.5, 0.6) is 5.75 Å². The molecule has 1 amide bonds. The van der Waals surface area contributed by atoms with Gasteiger partial charge in [-0.2, -0.15) is 0 Å². The third-order valence-electron chi connectivity index (χ3n) is 2.89. The van der Waals surface area contributed by atoms with E-state index in [1.54, 1.807) is 19.2 Å². The van der Waals surface area contributed by atoms with Gasteiger partial charge in [-0.05, 0) is 31.5 Å². The SMILES string of the molecule is COc1ccc(C(O)CNC(C)(C)CC(N)=O)cc1. The van der Waals surface area contributed by atoms with Gasteiger partial charge in [0.05, 0.1) is 13.2 Å². The van der Waals surface area contributed by atoms with E-state index in [1.807, 2.05) is 26.0 Å². The maximum atomic E-state index is 10.9. The number of nitrogens with one attached hydrogen (secondary N) is 1. The normalized spacial score (nSPS) is 13.1. The molecule has 5 nitrogen and oxygen atoms in total. The fourth-order valence-corrected chi connectivity index (χ4v) is 1.81. The van der Waals surface area contributed by atoms with E-state index >= 15 is 0 Å². The van der Waals surface area contributed by atoms with E-state index in [0.717, 1.165) is 11.3 Å². The summed E-state index contributed by atoms with van der Waals surface area (Å²) in [4.78, 5) is 10.9. The highest BCUT2D eigenvalue weighted by molar-refractivity contribution is 5.74. The number of nitrogens with two attached hydrogens (primary N) is 1. The number of carbonyl (C=O) groups is 1. The lowest BCUT2D eigenvalue weighted by Gasteiger charge is -2.26. The Morgan fingerprint density at radius 3 is 2.47 bits per heavy atom. The topological polar surface area (TPSA) is 84.6 Å². The van der Waals surface area contributed by atoms with Crippen LogP contribution in [0.3, 0.4) is 0 Å². The Balaban J connectivity index is 2.54. The molecular formula is C14H22N2O3. The first-order valence-electron chi connectivity index (χ1n) is 6.19. The molecule has 0 saturated heterocycles. The van der Waals surface area contributed by atoms with Crippen LogP contribution in [-0.2, 0) is 4.79 Å². The number of aliphatic hydroxyl groups is 1. The number of rotatable bonds is 7. The second-order valence-electron chi connectivity index (χ2n) is 5.20.